The first-order valence-electron chi connectivity index (χ1n) is 8.26. The molecule has 2 heterocycles. The highest BCUT2D eigenvalue weighted by molar-refractivity contribution is 7.15. The van der Waals surface area contributed by atoms with E-state index in [9.17, 15) is 23.5 Å². The second-order valence-corrected chi connectivity index (χ2v) is 7.79. The predicted molar refractivity (Wildman–Crippen MR) is 103 cm³/mol. The van der Waals surface area contributed by atoms with Crippen LogP contribution in [0.5, 0.6) is 0 Å². The predicted octanol–water partition coefficient (Wildman–Crippen LogP) is 5.52. The lowest BCUT2D eigenvalue weighted by molar-refractivity contribution is -0.116. The molecule has 2 aromatic carbocycles. The second-order valence-electron chi connectivity index (χ2n) is 6.33. The van der Waals surface area contributed by atoms with Gasteiger partial charge in [0.15, 0.2) is 0 Å². The van der Waals surface area contributed by atoms with Gasteiger partial charge >= 0.3 is 5.97 Å². The maximum Gasteiger partial charge on any atom is 0.346 e. The third kappa shape index (κ3) is 3.16. The van der Waals surface area contributed by atoms with E-state index in [-0.39, 0.29) is 27.8 Å². The molecule has 1 aromatic heterocycles. The van der Waals surface area contributed by atoms with Crippen LogP contribution < -0.4 is 5.32 Å². The van der Waals surface area contributed by atoms with E-state index in [0.29, 0.717) is 21.7 Å². The van der Waals surface area contributed by atoms with Gasteiger partial charge in [-0.25, -0.2) is 13.6 Å². The molecule has 1 aliphatic rings. The number of rotatable bonds is 3. The summed E-state index contributed by atoms with van der Waals surface area (Å²) in [5.41, 5.74) is 1.46. The highest BCUT2D eigenvalue weighted by Gasteiger charge is 2.35. The normalized spacial score (nSPS) is 15.8. The summed E-state index contributed by atoms with van der Waals surface area (Å²) >= 11 is 7.19. The van der Waals surface area contributed by atoms with E-state index in [2.05, 4.69) is 5.32 Å². The number of carbonyl (C=O) groups excluding carboxylic acids is 1. The van der Waals surface area contributed by atoms with Crippen LogP contribution in [0.25, 0.3) is 11.1 Å². The first kappa shape index (κ1) is 18.6. The zero-order valence-electron chi connectivity index (χ0n) is 14.1. The molecule has 0 saturated heterocycles. The molecule has 0 radical (unpaired) electrons. The lowest BCUT2D eigenvalue weighted by Gasteiger charge is -2.24. The van der Waals surface area contributed by atoms with E-state index in [1.54, 1.807) is 6.07 Å². The lowest BCUT2D eigenvalue weighted by atomic mass is 9.88. The van der Waals surface area contributed by atoms with Crippen molar-refractivity contribution in [3.63, 3.8) is 0 Å². The largest absolute Gasteiger partial charge is 0.477 e. The van der Waals surface area contributed by atoms with Crippen molar-refractivity contribution in [2.75, 3.05) is 5.32 Å². The minimum Gasteiger partial charge on any atom is -0.477 e. The summed E-state index contributed by atoms with van der Waals surface area (Å²) in [6.45, 7) is 0. The van der Waals surface area contributed by atoms with E-state index in [1.807, 2.05) is 0 Å². The maximum atomic E-state index is 13.7. The molecular formula is C20H12ClF2NO3S. The van der Waals surface area contributed by atoms with E-state index >= 15 is 0 Å². The van der Waals surface area contributed by atoms with Crippen LogP contribution in [0, 0.1) is 11.6 Å². The minimum absolute atomic E-state index is 0.0129. The lowest BCUT2D eigenvalue weighted by Crippen LogP contribution is -2.22. The maximum absolute atomic E-state index is 13.7. The summed E-state index contributed by atoms with van der Waals surface area (Å²) in [6.07, 6.45) is 0.0422. The molecule has 4 rings (SSSR count). The van der Waals surface area contributed by atoms with E-state index in [1.165, 1.54) is 30.3 Å². The van der Waals surface area contributed by atoms with Crippen molar-refractivity contribution in [2.45, 2.75) is 12.3 Å². The minimum atomic E-state index is -1.18. The second kappa shape index (κ2) is 7.00. The Morgan fingerprint density at radius 1 is 1.18 bits per heavy atom. The Hall–Kier alpha value is -2.77. The first-order valence-corrected chi connectivity index (χ1v) is 9.45. The average Bonchev–Trinajstić information content (AvgIpc) is 3.01. The van der Waals surface area contributed by atoms with E-state index < -0.39 is 23.5 Å². The molecule has 1 atom stereocenters. The molecular weight excluding hydrogens is 408 g/mol. The van der Waals surface area contributed by atoms with Gasteiger partial charge in [0.1, 0.15) is 16.5 Å². The van der Waals surface area contributed by atoms with Crippen LogP contribution in [0.1, 0.15) is 32.5 Å². The zero-order chi connectivity index (χ0) is 20.0. The van der Waals surface area contributed by atoms with Crippen molar-refractivity contribution in [1.29, 1.82) is 0 Å². The Bertz CT molecular complexity index is 1130. The zero-order valence-corrected chi connectivity index (χ0v) is 15.7. The number of carboxylic acids is 1. The van der Waals surface area contributed by atoms with Crippen LogP contribution in [0.2, 0.25) is 5.02 Å². The number of anilines is 1. The van der Waals surface area contributed by atoms with Gasteiger partial charge in [0.2, 0.25) is 5.91 Å². The van der Waals surface area contributed by atoms with Crippen molar-refractivity contribution in [3.8, 4) is 11.1 Å². The van der Waals surface area contributed by atoms with Gasteiger partial charge < -0.3 is 10.4 Å². The Labute approximate surface area is 167 Å². The van der Waals surface area contributed by atoms with Gasteiger partial charge in [-0.15, -0.1) is 11.3 Å². The van der Waals surface area contributed by atoms with Gasteiger partial charge in [0, 0.05) is 27.8 Å². The summed E-state index contributed by atoms with van der Waals surface area (Å²) in [7, 11) is 0. The van der Waals surface area contributed by atoms with Crippen LogP contribution in [0.3, 0.4) is 0 Å². The monoisotopic (exact) mass is 419 g/mol. The van der Waals surface area contributed by atoms with Gasteiger partial charge in [-0.2, -0.15) is 0 Å². The number of halogens is 3. The third-order valence-electron chi connectivity index (χ3n) is 4.55. The van der Waals surface area contributed by atoms with E-state index in [4.69, 9.17) is 11.6 Å². The topological polar surface area (TPSA) is 66.4 Å². The molecule has 0 fully saturated rings. The number of benzene rings is 2. The molecule has 2 N–H and O–H groups in total. The van der Waals surface area contributed by atoms with Crippen molar-refractivity contribution in [1.82, 2.24) is 0 Å². The highest BCUT2D eigenvalue weighted by Crippen LogP contribution is 2.50. The van der Waals surface area contributed by atoms with Crippen molar-refractivity contribution in [3.05, 3.63) is 74.4 Å². The number of carbonyl (C=O) groups is 2. The van der Waals surface area contributed by atoms with Gasteiger partial charge in [-0.1, -0.05) is 29.8 Å². The molecule has 0 spiro atoms. The SMILES string of the molecule is O=C1C[C@H](c2ccc(F)cc2Cl)c2sc(C(=O)O)c(-c3cccc(F)c3)c2N1. The van der Waals surface area contributed by atoms with Gasteiger partial charge in [-0.05, 0) is 35.4 Å². The molecule has 1 aliphatic heterocycles. The van der Waals surface area contributed by atoms with Gasteiger partial charge in [-0.3, -0.25) is 4.79 Å². The smallest absolute Gasteiger partial charge is 0.346 e. The molecule has 28 heavy (non-hydrogen) atoms. The Morgan fingerprint density at radius 3 is 2.61 bits per heavy atom. The van der Waals surface area contributed by atoms with Gasteiger partial charge in [0.05, 0.1) is 5.69 Å². The molecule has 0 bridgehead atoms. The van der Waals surface area contributed by atoms with Crippen molar-refractivity contribution >= 4 is 40.5 Å². The van der Waals surface area contributed by atoms with Crippen LogP contribution >= 0.6 is 22.9 Å². The first-order chi connectivity index (χ1) is 13.3. The fourth-order valence-corrected chi connectivity index (χ4v) is 4.93. The molecule has 8 heteroatoms. The number of fused-ring (bicyclic) bond motifs is 1. The van der Waals surface area contributed by atoms with Crippen LogP contribution in [0.15, 0.2) is 42.5 Å². The molecule has 0 aliphatic carbocycles. The molecule has 3 aromatic rings. The fourth-order valence-electron chi connectivity index (χ4n) is 3.39. The number of carboxylic acid groups (broad SMARTS) is 1. The number of amides is 1. The average molecular weight is 420 g/mol. The molecule has 0 saturated carbocycles. The molecule has 1 amide bonds. The quantitative estimate of drug-likeness (QED) is 0.587. The number of aromatic carboxylic acids is 1. The van der Waals surface area contributed by atoms with Gasteiger partial charge in [0.25, 0.3) is 0 Å². The number of hydrogen-bond donors (Lipinski definition) is 2. The summed E-state index contributed by atoms with van der Waals surface area (Å²) in [5, 5.41) is 12.6. The van der Waals surface area contributed by atoms with Crippen molar-refractivity contribution < 1.29 is 23.5 Å². The Kier molecular flexibility index (Phi) is 4.64. The summed E-state index contributed by atoms with van der Waals surface area (Å²) < 4.78 is 27.2. The summed E-state index contributed by atoms with van der Waals surface area (Å²) in [4.78, 5) is 24.8. The molecule has 4 nitrogen and oxygen atoms in total. The van der Waals surface area contributed by atoms with Crippen molar-refractivity contribution in [2.24, 2.45) is 0 Å². The van der Waals surface area contributed by atoms with E-state index in [0.717, 1.165) is 17.4 Å². The Balaban J connectivity index is 1.96. The number of hydrogen-bond acceptors (Lipinski definition) is 3. The molecule has 142 valence electrons. The molecule has 0 unspecified atom stereocenters. The summed E-state index contributed by atoms with van der Waals surface area (Å²) in [5.74, 6) is -3.06. The Morgan fingerprint density at radius 2 is 1.93 bits per heavy atom. The number of nitrogens with one attached hydrogen (secondary N) is 1. The van der Waals surface area contributed by atoms with Crippen LogP contribution in [0.4, 0.5) is 14.5 Å². The van der Waals surface area contributed by atoms with Crippen LogP contribution in [-0.2, 0) is 4.79 Å². The number of thiophene rings is 1. The summed E-state index contributed by atoms with van der Waals surface area (Å²) in [6, 6.07) is 9.41. The highest BCUT2D eigenvalue weighted by atomic mass is 35.5. The fraction of sp³-hybridized carbons (Fsp3) is 0.100. The standard InChI is InChI=1S/C20H12ClF2NO3S/c21-14-7-11(23)4-5-12(14)13-8-15(25)24-17-16(9-2-1-3-10(22)6-9)19(20(26)27)28-18(13)17/h1-7,13H,8H2,(H,24,25)(H,26,27)/t13-/m1/s1. The van der Waals surface area contributed by atoms with Crippen LogP contribution in [-0.4, -0.2) is 17.0 Å². The third-order valence-corrected chi connectivity index (χ3v) is 6.17.